The Balaban J connectivity index is 3.86. The number of hydrogen-bond donors (Lipinski definition) is 0. The first-order valence-corrected chi connectivity index (χ1v) is 10.7. The van der Waals surface area contributed by atoms with Crippen LogP contribution in [0.15, 0.2) is 74.9 Å². The smallest absolute Gasteiger partial charge is 0.330 e. The molecular weight excluding hydrogens is 376 g/mol. The van der Waals surface area contributed by atoms with Crippen molar-refractivity contribution < 1.29 is 19.1 Å². The standard InChI is InChI=1S/C26H38O4/c1-5-23(19-15-21-29-25(27)7-3)17-13-11-9-10-12-14-18-24(6-2)20-16-22-30-26(28)8-4/h5-8,11-14,23-24H,1-4,9-10,15-22H2/b13-11+,14-12+. The number of esters is 2. The van der Waals surface area contributed by atoms with Gasteiger partial charge in [-0.3, -0.25) is 0 Å². The van der Waals surface area contributed by atoms with Gasteiger partial charge in [-0.25, -0.2) is 9.59 Å². The minimum Gasteiger partial charge on any atom is -0.463 e. The van der Waals surface area contributed by atoms with Gasteiger partial charge in [0.1, 0.15) is 0 Å². The van der Waals surface area contributed by atoms with Crippen LogP contribution in [0.5, 0.6) is 0 Å². The van der Waals surface area contributed by atoms with E-state index in [1.54, 1.807) is 0 Å². The van der Waals surface area contributed by atoms with Crippen molar-refractivity contribution in [2.24, 2.45) is 11.8 Å². The highest BCUT2D eigenvalue weighted by atomic mass is 16.5. The third-order valence-corrected chi connectivity index (χ3v) is 4.64. The number of carbonyl (C=O) groups excluding carboxylic acids is 2. The molecule has 166 valence electrons. The monoisotopic (exact) mass is 414 g/mol. The van der Waals surface area contributed by atoms with Gasteiger partial charge in [-0.1, -0.05) is 49.6 Å². The Morgan fingerprint density at radius 1 is 0.667 bits per heavy atom. The Bertz CT molecular complexity index is 534. The lowest BCUT2D eigenvalue weighted by molar-refractivity contribution is -0.138. The van der Waals surface area contributed by atoms with E-state index in [-0.39, 0.29) is 11.9 Å². The van der Waals surface area contributed by atoms with Crippen molar-refractivity contribution in [3.63, 3.8) is 0 Å². The number of unbranched alkanes of at least 4 members (excludes halogenated alkanes) is 1. The first-order chi connectivity index (χ1) is 14.6. The summed E-state index contributed by atoms with van der Waals surface area (Å²) in [6.45, 7) is 15.4. The van der Waals surface area contributed by atoms with Gasteiger partial charge in [0, 0.05) is 12.2 Å². The van der Waals surface area contributed by atoms with Crippen LogP contribution in [0.3, 0.4) is 0 Å². The summed E-state index contributed by atoms with van der Waals surface area (Å²) in [6.07, 6.45) is 22.6. The fourth-order valence-electron chi connectivity index (χ4n) is 2.79. The molecule has 2 unspecified atom stereocenters. The molecule has 0 aromatic carbocycles. The zero-order valence-corrected chi connectivity index (χ0v) is 18.3. The lowest BCUT2D eigenvalue weighted by Crippen LogP contribution is -2.04. The molecule has 0 spiro atoms. The molecule has 0 aromatic heterocycles. The summed E-state index contributed by atoms with van der Waals surface area (Å²) in [4.78, 5) is 22.0. The fraction of sp³-hybridized carbons (Fsp3) is 0.462. The first-order valence-electron chi connectivity index (χ1n) is 10.7. The molecule has 0 saturated carbocycles. The Kier molecular flexibility index (Phi) is 18.0. The van der Waals surface area contributed by atoms with Crippen molar-refractivity contribution in [1.29, 1.82) is 0 Å². The first kappa shape index (κ1) is 27.4. The highest BCUT2D eigenvalue weighted by molar-refractivity contribution is 5.81. The van der Waals surface area contributed by atoms with Gasteiger partial charge < -0.3 is 9.47 Å². The highest BCUT2D eigenvalue weighted by Crippen LogP contribution is 2.15. The Morgan fingerprint density at radius 2 is 1.07 bits per heavy atom. The molecule has 0 aromatic rings. The Morgan fingerprint density at radius 3 is 1.40 bits per heavy atom. The SMILES string of the molecule is C=CC(=O)OCCCC(C=C)C/C=C/CC/C=C/CC(C=C)CCCOC(=O)C=C. The lowest BCUT2D eigenvalue weighted by Gasteiger charge is -2.09. The van der Waals surface area contributed by atoms with Crippen molar-refractivity contribution in [2.45, 2.75) is 51.4 Å². The lowest BCUT2D eigenvalue weighted by atomic mass is 9.99. The molecule has 0 heterocycles. The van der Waals surface area contributed by atoms with Crippen LogP contribution >= 0.6 is 0 Å². The molecule has 2 atom stereocenters. The Hall–Kier alpha value is -2.62. The predicted molar refractivity (Wildman–Crippen MR) is 125 cm³/mol. The molecule has 0 rings (SSSR count). The summed E-state index contributed by atoms with van der Waals surface area (Å²) in [5.74, 6) is 0.0646. The van der Waals surface area contributed by atoms with Crippen molar-refractivity contribution in [1.82, 2.24) is 0 Å². The van der Waals surface area contributed by atoms with Crippen molar-refractivity contribution in [2.75, 3.05) is 13.2 Å². The summed E-state index contributed by atoms with van der Waals surface area (Å²) >= 11 is 0. The van der Waals surface area contributed by atoms with E-state index in [0.717, 1.165) is 51.4 Å². The minimum atomic E-state index is -0.369. The average molecular weight is 415 g/mol. The molecule has 0 radical (unpaired) electrons. The second-order valence-electron chi connectivity index (χ2n) is 7.01. The van der Waals surface area contributed by atoms with E-state index >= 15 is 0 Å². The van der Waals surface area contributed by atoms with Gasteiger partial charge in [-0.15, -0.1) is 13.2 Å². The molecule has 30 heavy (non-hydrogen) atoms. The second kappa shape index (κ2) is 19.7. The van der Waals surface area contributed by atoms with E-state index in [1.165, 1.54) is 12.2 Å². The van der Waals surface area contributed by atoms with Crippen LogP contribution in [0.2, 0.25) is 0 Å². The Labute approximate surface area is 182 Å². The van der Waals surface area contributed by atoms with Crippen LogP contribution in [-0.2, 0) is 19.1 Å². The quantitative estimate of drug-likeness (QED) is 0.108. The van der Waals surface area contributed by atoms with Gasteiger partial charge in [-0.05, 0) is 63.2 Å². The summed E-state index contributed by atoms with van der Waals surface area (Å²) < 4.78 is 9.97. The average Bonchev–Trinajstić information content (AvgIpc) is 2.77. The molecule has 0 amide bonds. The maximum Gasteiger partial charge on any atom is 0.330 e. The van der Waals surface area contributed by atoms with Gasteiger partial charge in [-0.2, -0.15) is 0 Å². The number of ether oxygens (including phenoxy) is 2. The third-order valence-electron chi connectivity index (χ3n) is 4.64. The van der Waals surface area contributed by atoms with Gasteiger partial charge in [0.25, 0.3) is 0 Å². The third kappa shape index (κ3) is 16.3. The molecule has 4 nitrogen and oxygen atoms in total. The van der Waals surface area contributed by atoms with Crippen molar-refractivity contribution in [3.05, 3.63) is 74.9 Å². The predicted octanol–water partition coefficient (Wildman–Crippen LogP) is 6.28. The largest absolute Gasteiger partial charge is 0.463 e. The normalized spacial score (nSPS) is 12.9. The number of rotatable bonds is 19. The maximum absolute atomic E-state index is 11.0. The van der Waals surface area contributed by atoms with E-state index in [2.05, 4.69) is 50.6 Å². The topological polar surface area (TPSA) is 52.6 Å². The summed E-state index contributed by atoms with van der Waals surface area (Å²) in [7, 11) is 0. The minimum absolute atomic E-state index is 0.369. The molecule has 4 heteroatoms. The highest BCUT2D eigenvalue weighted by Gasteiger charge is 2.04. The van der Waals surface area contributed by atoms with Gasteiger partial charge >= 0.3 is 11.9 Å². The van der Waals surface area contributed by atoms with E-state index in [0.29, 0.717) is 25.0 Å². The van der Waals surface area contributed by atoms with Gasteiger partial charge in [0.2, 0.25) is 0 Å². The summed E-state index contributed by atoms with van der Waals surface area (Å²) in [5.41, 5.74) is 0. The molecule has 0 aliphatic carbocycles. The van der Waals surface area contributed by atoms with Crippen molar-refractivity contribution in [3.8, 4) is 0 Å². The molecule has 0 fully saturated rings. The molecule has 0 N–H and O–H groups in total. The molecule has 0 aliphatic heterocycles. The van der Waals surface area contributed by atoms with E-state index in [9.17, 15) is 9.59 Å². The van der Waals surface area contributed by atoms with Crippen LogP contribution in [-0.4, -0.2) is 25.2 Å². The van der Waals surface area contributed by atoms with Crippen molar-refractivity contribution >= 4 is 11.9 Å². The number of hydrogen-bond acceptors (Lipinski definition) is 4. The molecular formula is C26H38O4. The zero-order valence-electron chi connectivity index (χ0n) is 18.3. The van der Waals surface area contributed by atoms with Crippen LogP contribution in [0.4, 0.5) is 0 Å². The van der Waals surface area contributed by atoms with E-state index < -0.39 is 0 Å². The van der Waals surface area contributed by atoms with E-state index in [4.69, 9.17) is 9.47 Å². The van der Waals surface area contributed by atoms with Crippen LogP contribution in [0, 0.1) is 11.8 Å². The summed E-state index contributed by atoms with van der Waals surface area (Å²) in [6, 6.07) is 0. The fourth-order valence-corrected chi connectivity index (χ4v) is 2.79. The molecule has 0 saturated heterocycles. The number of allylic oxidation sites excluding steroid dienone is 6. The zero-order chi connectivity index (χ0) is 22.5. The summed E-state index contributed by atoms with van der Waals surface area (Å²) in [5, 5.41) is 0. The maximum atomic E-state index is 11.0. The van der Waals surface area contributed by atoms with Gasteiger partial charge in [0.15, 0.2) is 0 Å². The van der Waals surface area contributed by atoms with E-state index in [1.807, 2.05) is 12.2 Å². The van der Waals surface area contributed by atoms with Gasteiger partial charge in [0.05, 0.1) is 13.2 Å². The van der Waals surface area contributed by atoms with Crippen LogP contribution < -0.4 is 0 Å². The molecule has 0 aliphatic rings. The molecule has 0 bridgehead atoms. The van der Waals surface area contributed by atoms with Crippen LogP contribution in [0.25, 0.3) is 0 Å². The second-order valence-corrected chi connectivity index (χ2v) is 7.01. The van der Waals surface area contributed by atoms with Crippen LogP contribution in [0.1, 0.15) is 51.4 Å². The number of carbonyl (C=O) groups is 2.